The van der Waals surface area contributed by atoms with Gasteiger partial charge in [-0.05, 0) is 55.3 Å². The highest BCUT2D eigenvalue weighted by atomic mass is 32.2. The summed E-state index contributed by atoms with van der Waals surface area (Å²) < 4.78 is 0. The van der Waals surface area contributed by atoms with Crippen molar-refractivity contribution >= 4 is 23.4 Å². The molecule has 0 aliphatic carbocycles. The van der Waals surface area contributed by atoms with E-state index in [4.69, 9.17) is 0 Å². The molecule has 1 aliphatic heterocycles. The summed E-state index contributed by atoms with van der Waals surface area (Å²) in [7, 11) is 0. The Labute approximate surface area is 176 Å². The fourth-order valence-corrected chi connectivity index (χ4v) is 4.59. The number of carbonyl (C=O) groups excluding carboxylic acids is 1. The van der Waals surface area contributed by atoms with Gasteiger partial charge < -0.3 is 9.80 Å². The lowest BCUT2D eigenvalue weighted by Crippen LogP contribution is -2.48. The number of nitrogens with zero attached hydrogens (tertiary/aromatic N) is 3. The molecular weight excluding hydrogens is 378 g/mol. The maximum Gasteiger partial charge on any atom is 0.256 e. The molecule has 5 heteroatoms. The Hall–Kier alpha value is -2.79. The summed E-state index contributed by atoms with van der Waals surface area (Å²) in [5, 5.41) is 0.775. The Balaban J connectivity index is 1.49. The van der Waals surface area contributed by atoms with Crippen LogP contribution in [0, 0.1) is 13.8 Å². The third-order valence-corrected chi connectivity index (χ3v) is 6.42. The lowest BCUT2D eigenvalue weighted by atomic mass is 10.2. The first-order chi connectivity index (χ1) is 14.1. The minimum atomic E-state index is 0.0682. The molecular formula is C24H25N3OS. The van der Waals surface area contributed by atoms with Crippen molar-refractivity contribution in [1.29, 1.82) is 0 Å². The maximum absolute atomic E-state index is 13.3. The van der Waals surface area contributed by atoms with Crippen molar-refractivity contribution in [1.82, 2.24) is 9.88 Å². The van der Waals surface area contributed by atoms with Gasteiger partial charge in [0.1, 0.15) is 5.03 Å². The first kappa shape index (κ1) is 19.5. The molecule has 1 aliphatic rings. The Morgan fingerprint density at radius 2 is 1.69 bits per heavy atom. The second kappa shape index (κ2) is 8.70. The van der Waals surface area contributed by atoms with E-state index in [1.807, 2.05) is 23.1 Å². The van der Waals surface area contributed by atoms with E-state index in [9.17, 15) is 4.79 Å². The number of aryl methyl sites for hydroxylation is 2. The maximum atomic E-state index is 13.3. The van der Waals surface area contributed by atoms with Crippen molar-refractivity contribution in [3.63, 3.8) is 0 Å². The van der Waals surface area contributed by atoms with Crippen LogP contribution in [0.4, 0.5) is 5.69 Å². The van der Waals surface area contributed by atoms with E-state index in [2.05, 4.69) is 66.2 Å². The number of pyridine rings is 1. The van der Waals surface area contributed by atoms with Gasteiger partial charge in [0.05, 0.1) is 5.56 Å². The minimum absolute atomic E-state index is 0.0682. The van der Waals surface area contributed by atoms with Gasteiger partial charge in [-0.25, -0.2) is 4.98 Å². The lowest BCUT2D eigenvalue weighted by molar-refractivity contribution is 0.0742. The Bertz CT molecular complexity index is 998. The molecule has 29 heavy (non-hydrogen) atoms. The number of anilines is 1. The molecule has 3 aromatic rings. The van der Waals surface area contributed by atoms with Crippen molar-refractivity contribution < 1.29 is 4.79 Å². The molecule has 2 aromatic carbocycles. The monoisotopic (exact) mass is 403 g/mol. The zero-order chi connectivity index (χ0) is 20.2. The zero-order valence-electron chi connectivity index (χ0n) is 16.8. The Morgan fingerprint density at radius 1 is 0.931 bits per heavy atom. The average Bonchev–Trinajstić information content (AvgIpc) is 2.77. The van der Waals surface area contributed by atoms with Crippen LogP contribution in [0.1, 0.15) is 21.5 Å². The minimum Gasteiger partial charge on any atom is -0.368 e. The molecule has 0 spiro atoms. The molecule has 0 unspecified atom stereocenters. The molecule has 1 aromatic heterocycles. The first-order valence-electron chi connectivity index (χ1n) is 9.91. The van der Waals surface area contributed by atoms with Crippen LogP contribution in [0.15, 0.2) is 76.8 Å². The third kappa shape index (κ3) is 4.46. The molecule has 2 heterocycles. The molecule has 0 saturated carbocycles. The van der Waals surface area contributed by atoms with Crippen LogP contribution in [0.25, 0.3) is 0 Å². The summed E-state index contributed by atoms with van der Waals surface area (Å²) in [6.07, 6.45) is 1.76. The van der Waals surface area contributed by atoms with E-state index >= 15 is 0 Å². The van der Waals surface area contributed by atoms with Crippen LogP contribution in [0.5, 0.6) is 0 Å². The van der Waals surface area contributed by atoms with Crippen LogP contribution in [0.2, 0.25) is 0 Å². The van der Waals surface area contributed by atoms with Crippen LogP contribution in [-0.2, 0) is 0 Å². The second-order valence-corrected chi connectivity index (χ2v) is 8.37. The number of benzene rings is 2. The highest BCUT2D eigenvalue weighted by Crippen LogP contribution is 2.32. The molecule has 0 atom stereocenters. The Kier molecular flexibility index (Phi) is 5.86. The molecule has 148 valence electrons. The topological polar surface area (TPSA) is 36.4 Å². The highest BCUT2D eigenvalue weighted by molar-refractivity contribution is 7.99. The number of rotatable bonds is 4. The molecule has 1 amide bonds. The van der Waals surface area contributed by atoms with E-state index in [1.54, 1.807) is 18.0 Å². The van der Waals surface area contributed by atoms with Crippen molar-refractivity contribution in [2.45, 2.75) is 23.8 Å². The van der Waals surface area contributed by atoms with E-state index in [-0.39, 0.29) is 5.91 Å². The predicted molar refractivity (Wildman–Crippen MR) is 119 cm³/mol. The van der Waals surface area contributed by atoms with Crippen molar-refractivity contribution in [3.05, 3.63) is 83.6 Å². The average molecular weight is 404 g/mol. The van der Waals surface area contributed by atoms with Gasteiger partial charge in [0.15, 0.2) is 0 Å². The van der Waals surface area contributed by atoms with E-state index < -0.39 is 0 Å². The standard InChI is InChI=1S/C24H25N3OS/c1-18-10-11-19(2)22(17-18)29-23-21(9-6-12-25-23)24(28)27-15-13-26(14-16-27)20-7-4-3-5-8-20/h3-12,17H,13-16H2,1-2H3. The number of para-hydroxylation sites is 1. The number of aromatic nitrogens is 1. The highest BCUT2D eigenvalue weighted by Gasteiger charge is 2.24. The molecule has 0 N–H and O–H groups in total. The van der Waals surface area contributed by atoms with Crippen molar-refractivity contribution in [2.24, 2.45) is 0 Å². The number of hydrogen-bond acceptors (Lipinski definition) is 4. The fourth-order valence-electron chi connectivity index (χ4n) is 3.53. The van der Waals surface area contributed by atoms with Crippen LogP contribution < -0.4 is 4.90 Å². The number of amides is 1. The predicted octanol–water partition coefficient (Wildman–Crippen LogP) is 4.81. The Morgan fingerprint density at radius 3 is 2.45 bits per heavy atom. The fraction of sp³-hybridized carbons (Fsp3) is 0.250. The van der Waals surface area contributed by atoms with Gasteiger partial charge in [0.25, 0.3) is 5.91 Å². The zero-order valence-corrected chi connectivity index (χ0v) is 17.7. The third-order valence-electron chi connectivity index (χ3n) is 5.24. The number of hydrogen-bond donors (Lipinski definition) is 0. The van der Waals surface area contributed by atoms with Crippen molar-refractivity contribution in [3.8, 4) is 0 Å². The van der Waals surface area contributed by atoms with Gasteiger partial charge >= 0.3 is 0 Å². The molecule has 4 nitrogen and oxygen atoms in total. The summed E-state index contributed by atoms with van der Waals surface area (Å²) >= 11 is 1.58. The van der Waals surface area contributed by atoms with Gasteiger partial charge in [0, 0.05) is 43.0 Å². The van der Waals surface area contributed by atoms with E-state index in [0.717, 1.165) is 36.1 Å². The molecule has 1 saturated heterocycles. The van der Waals surface area contributed by atoms with Crippen molar-refractivity contribution in [2.75, 3.05) is 31.1 Å². The molecule has 4 rings (SSSR count). The van der Waals surface area contributed by atoms with Gasteiger partial charge in [0.2, 0.25) is 0 Å². The molecule has 1 fully saturated rings. The SMILES string of the molecule is Cc1ccc(C)c(Sc2ncccc2C(=O)N2CCN(c3ccccc3)CC2)c1. The van der Waals surface area contributed by atoms with Crippen LogP contribution >= 0.6 is 11.8 Å². The largest absolute Gasteiger partial charge is 0.368 e. The van der Waals surface area contributed by atoms with Crippen LogP contribution in [0.3, 0.4) is 0 Å². The lowest BCUT2D eigenvalue weighted by Gasteiger charge is -2.36. The smallest absolute Gasteiger partial charge is 0.256 e. The van der Waals surface area contributed by atoms with E-state index in [1.165, 1.54) is 16.8 Å². The van der Waals surface area contributed by atoms with Crippen LogP contribution in [-0.4, -0.2) is 42.0 Å². The van der Waals surface area contributed by atoms with Gasteiger partial charge in [-0.2, -0.15) is 0 Å². The second-order valence-electron chi connectivity index (χ2n) is 7.34. The van der Waals surface area contributed by atoms with E-state index in [0.29, 0.717) is 5.56 Å². The summed E-state index contributed by atoms with van der Waals surface area (Å²) in [6, 6.07) is 20.5. The van der Waals surface area contributed by atoms with Gasteiger partial charge in [-0.15, -0.1) is 0 Å². The normalized spacial score (nSPS) is 14.1. The quantitative estimate of drug-likeness (QED) is 0.626. The van der Waals surface area contributed by atoms with Gasteiger partial charge in [-0.1, -0.05) is 42.1 Å². The summed E-state index contributed by atoms with van der Waals surface area (Å²) in [5.74, 6) is 0.0682. The summed E-state index contributed by atoms with van der Waals surface area (Å²) in [5.41, 5.74) is 4.30. The molecule has 0 bridgehead atoms. The van der Waals surface area contributed by atoms with Gasteiger partial charge in [-0.3, -0.25) is 4.79 Å². The molecule has 0 radical (unpaired) electrons. The first-order valence-corrected chi connectivity index (χ1v) is 10.7. The summed E-state index contributed by atoms with van der Waals surface area (Å²) in [6.45, 7) is 7.30. The number of carbonyl (C=O) groups is 1. The summed E-state index contributed by atoms with van der Waals surface area (Å²) in [4.78, 5) is 23.2. The number of piperazine rings is 1.